The maximum Gasteiger partial charge on any atom is 0.0568 e. The zero-order valence-corrected chi connectivity index (χ0v) is 7.93. The third-order valence-electron chi connectivity index (χ3n) is 1.48. The topological polar surface area (TPSA) is 18.5 Å². The minimum absolute atomic E-state index is 0.349. The molecule has 1 atom stereocenters. The summed E-state index contributed by atoms with van der Waals surface area (Å²) in [6, 6.07) is 0. The zero-order chi connectivity index (χ0) is 8.53. The molecule has 0 aliphatic rings. The first-order chi connectivity index (χ1) is 5.31. The molecule has 0 N–H and O–H groups in total. The molecule has 0 spiro atoms. The maximum absolute atomic E-state index is 5.46. The molecule has 0 heterocycles. The van der Waals surface area contributed by atoms with Crippen LogP contribution in [0, 0.1) is 0 Å². The van der Waals surface area contributed by atoms with Crippen LogP contribution in [0.5, 0.6) is 0 Å². The van der Waals surface area contributed by atoms with Gasteiger partial charge in [-0.1, -0.05) is 6.92 Å². The van der Waals surface area contributed by atoms with Crippen molar-refractivity contribution in [2.75, 3.05) is 19.8 Å². The summed E-state index contributed by atoms with van der Waals surface area (Å²) >= 11 is 0. The van der Waals surface area contributed by atoms with E-state index < -0.39 is 0 Å². The molecule has 11 heavy (non-hydrogen) atoms. The molecule has 2 heteroatoms. The normalized spacial score (nSPS) is 13.4. The van der Waals surface area contributed by atoms with Gasteiger partial charge in [0.05, 0.1) is 6.10 Å². The van der Waals surface area contributed by atoms with Crippen LogP contribution in [-0.2, 0) is 9.47 Å². The molecule has 1 unspecified atom stereocenters. The molecule has 68 valence electrons. The van der Waals surface area contributed by atoms with Crippen LogP contribution in [0.2, 0.25) is 0 Å². The summed E-state index contributed by atoms with van der Waals surface area (Å²) in [7, 11) is 0. The van der Waals surface area contributed by atoms with Crippen LogP contribution in [0.25, 0.3) is 0 Å². The fraction of sp³-hybridized carbons (Fsp3) is 1.00. The number of ether oxygens (including phenoxy) is 2. The van der Waals surface area contributed by atoms with Gasteiger partial charge in [0.15, 0.2) is 0 Å². The van der Waals surface area contributed by atoms with E-state index in [0.29, 0.717) is 6.10 Å². The van der Waals surface area contributed by atoms with Crippen LogP contribution >= 0.6 is 0 Å². The summed E-state index contributed by atoms with van der Waals surface area (Å²) in [5.74, 6) is 0. The lowest BCUT2D eigenvalue weighted by molar-refractivity contribution is 0.0342. The molecule has 0 saturated carbocycles. The predicted octanol–water partition coefficient (Wildman–Crippen LogP) is 2.23. The van der Waals surface area contributed by atoms with Gasteiger partial charge in [-0.2, -0.15) is 0 Å². The summed E-state index contributed by atoms with van der Waals surface area (Å²) in [5.41, 5.74) is 0. The standard InChI is InChI=1S/C9H20O2/c1-4-7-11-9(3)6-8-10-5-2/h9H,4-8H2,1-3H3. The zero-order valence-electron chi connectivity index (χ0n) is 7.93. The number of hydrogen-bond acceptors (Lipinski definition) is 2. The molecule has 0 fully saturated rings. The molecule has 0 bridgehead atoms. The monoisotopic (exact) mass is 160 g/mol. The Balaban J connectivity index is 3.02. The lowest BCUT2D eigenvalue weighted by Gasteiger charge is -2.11. The van der Waals surface area contributed by atoms with Crippen molar-refractivity contribution in [1.82, 2.24) is 0 Å². The maximum atomic E-state index is 5.46. The van der Waals surface area contributed by atoms with Gasteiger partial charge in [0.1, 0.15) is 0 Å². The van der Waals surface area contributed by atoms with E-state index >= 15 is 0 Å². The highest BCUT2D eigenvalue weighted by Crippen LogP contribution is 1.98. The van der Waals surface area contributed by atoms with Gasteiger partial charge in [0.25, 0.3) is 0 Å². The van der Waals surface area contributed by atoms with Gasteiger partial charge in [-0.3, -0.25) is 0 Å². The van der Waals surface area contributed by atoms with E-state index in [1.54, 1.807) is 0 Å². The Morgan fingerprint density at radius 1 is 1.18 bits per heavy atom. The van der Waals surface area contributed by atoms with Crippen molar-refractivity contribution in [3.05, 3.63) is 0 Å². The molecule has 2 nitrogen and oxygen atoms in total. The molecule has 0 amide bonds. The van der Waals surface area contributed by atoms with Crippen molar-refractivity contribution in [3.63, 3.8) is 0 Å². The van der Waals surface area contributed by atoms with Crippen molar-refractivity contribution in [1.29, 1.82) is 0 Å². The quantitative estimate of drug-likeness (QED) is 0.532. The minimum Gasteiger partial charge on any atom is -0.382 e. The van der Waals surface area contributed by atoms with Gasteiger partial charge >= 0.3 is 0 Å². The van der Waals surface area contributed by atoms with E-state index in [0.717, 1.165) is 32.7 Å². The van der Waals surface area contributed by atoms with Crippen LogP contribution in [0.15, 0.2) is 0 Å². The Morgan fingerprint density at radius 3 is 2.45 bits per heavy atom. The van der Waals surface area contributed by atoms with Gasteiger partial charge in [-0.25, -0.2) is 0 Å². The molecule has 0 saturated heterocycles. The summed E-state index contributed by atoms with van der Waals surface area (Å²) in [6.07, 6.45) is 2.45. The number of hydrogen-bond donors (Lipinski definition) is 0. The van der Waals surface area contributed by atoms with Gasteiger partial charge in [-0.05, 0) is 26.7 Å². The second kappa shape index (κ2) is 8.02. The van der Waals surface area contributed by atoms with Crippen LogP contribution in [0.3, 0.4) is 0 Å². The van der Waals surface area contributed by atoms with E-state index in [2.05, 4.69) is 13.8 Å². The molecule has 0 aromatic carbocycles. The first-order valence-electron chi connectivity index (χ1n) is 4.50. The van der Waals surface area contributed by atoms with E-state index in [1.807, 2.05) is 6.92 Å². The predicted molar refractivity (Wildman–Crippen MR) is 46.8 cm³/mol. The highest BCUT2D eigenvalue weighted by atomic mass is 16.5. The van der Waals surface area contributed by atoms with E-state index in [-0.39, 0.29) is 0 Å². The van der Waals surface area contributed by atoms with Gasteiger partial charge in [-0.15, -0.1) is 0 Å². The Hall–Kier alpha value is -0.0800. The number of rotatable bonds is 7. The lowest BCUT2D eigenvalue weighted by atomic mass is 10.3. The highest BCUT2D eigenvalue weighted by molar-refractivity contribution is 4.48. The molecular weight excluding hydrogens is 140 g/mol. The fourth-order valence-corrected chi connectivity index (χ4v) is 0.796. The molecule has 0 aromatic rings. The molecule has 0 aliphatic carbocycles. The van der Waals surface area contributed by atoms with E-state index in [1.165, 1.54) is 0 Å². The van der Waals surface area contributed by atoms with Gasteiger partial charge in [0, 0.05) is 19.8 Å². The molecule has 0 rings (SSSR count). The molecular formula is C9H20O2. The van der Waals surface area contributed by atoms with Crippen LogP contribution in [-0.4, -0.2) is 25.9 Å². The Morgan fingerprint density at radius 2 is 1.91 bits per heavy atom. The second-order valence-corrected chi connectivity index (χ2v) is 2.67. The van der Waals surface area contributed by atoms with Crippen molar-refractivity contribution in [3.8, 4) is 0 Å². The molecule has 0 radical (unpaired) electrons. The summed E-state index contributed by atoms with van der Waals surface area (Å²) in [6.45, 7) is 8.72. The first kappa shape index (κ1) is 10.9. The minimum atomic E-state index is 0.349. The highest BCUT2D eigenvalue weighted by Gasteiger charge is 1.99. The van der Waals surface area contributed by atoms with E-state index in [9.17, 15) is 0 Å². The molecule has 0 aliphatic heterocycles. The fourth-order valence-electron chi connectivity index (χ4n) is 0.796. The van der Waals surface area contributed by atoms with Crippen molar-refractivity contribution < 1.29 is 9.47 Å². The first-order valence-corrected chi connectivity index (χ1v) is 4.50. The Kier molecular flexibility index (Phi) is 7.96. The summed E-state index contributed by atoms with van der Waals surface area (Å²) in [4.78, 5) is 0. The summed E-state index contributed by atoms with van der Waals surface area (Å²) < 4.78 is 10.7. The van der Waals surface area contributed by atoms with Crippen LogP contribution in [0.4, 0.5) is 0 Å². The van der Waals surface area contributed by atoms with Gasteiger partial charge < -0.3 is 9.47 Å². The smallest absolute Gasteiger partial charge is 0.0568 e. The average Bonchev–Trinajstić information content (AvgIpc) is 2.01. The molecule has 0 aromatic heterocycles. The van der Waals surface area contributed by atoms with Crippen molar-refractivity contribution in [2.45, 2.75) is 39.7 Å². The van der Waals surface area contributed by atoms with Crippen molar-refractivity contribution >= 4 is 0 Å². The van der Waals surface area contributed by atoms with Crippen molar-refractivity contribution in [2.24, 2.45) is 0 Å². The SMILES string of the molecule is CCCOC(C)CCOCC. The van der Waals surface area contributed by atoms with Crippen LogP contribution in [0.1, 0.15) is 33.6 Å². The third-order valence-corrected chi connectivity index (χ3v) is 1.48. The lowest BCUT2D eigenvalue weighted by Crippen LogP contribution is -2.12. The largest absolute Gasteiger partial charge is 0.382 e. The average molecular weight is 160 g/mol. The summed E-state index contributed by atoms with van der Waals surface area (Å²) in [5, 5.41) is 0. The third kappa shape index (κ3) is 7.82. The van der Waals surface area contributed by atoms with Crippen LogP contribution < -0.4 is 0 Å². The Bertz CT molecular complexity index is 74.0. The van der Waals surface area contributed by atoms with Gasteiger partial charge in [0.2, 0.25) is 0 Å². The Labute approximate surface area is 69.9 Å². The van der Waals surface area contributed by atoms with E-state index in [4.69, 9.17) is 9.47 Å². The second-order valence-electron chi connectivity index (χ2n) is 2.67.